The first-order valence-electron chi connectivity index (χ1n) is 6.09. The van der Waals surface area contributed by atoms with Crippen LogP contribution in [0.3, 0.4) is 0 Å². The number of aromatic nitrogens is 1. The smallest absolute Gasteiger partial charge is 0.182 e. The summed E-state index contributed by atoms with van der Waals surface area (Å²) in [7, 11) is 0. The number of carbonyl (C=O) groups excluding carboxylic acids is 1. The molecule has 0 radical (unpaired) electrons. The van der Waals surface area contributed by atoms with Crippen LogP contribution in [0.5, 0.6) is 0 Å². The van der Waals surface area contributed by atoms with Crippen molar-refractivity contribution in [1.29, 1.82) is 0 Å². The van der Waals surface area contributed by atoms with Crippen LogP contribution >= 0.6 is 0 Å². The molecule has 0 N–H and O–H groups in total. The molecule has 17 heavy (non-hydrogen) atoms. The minimum atomic E-state index is -0.408. The van der Waals surface area contributed by atoms with E-state index in [9.17, 15) is 9.18 Å². The largest absolute Gasteiger partial charge is 0.300 e. The fourth-order valence-corrected chi connectivity index (χ4v) is 1.95. The first-order valence-corrected chi connectivity index (χ1v) is 6.09. The average Bonchev–Trinajstić information content (AvgIpc) is 3.15. The molecule has 4 heteroatoms. The number of hydrogen-bond donors (Lipinski definition) is 0. The van der Waals surface area contributed by atoms with Gasteiger partial charge in [0.1, 0.15) is 11.5 Å². The van der Waals surface area contributed by atoms with E-state index in [1.54, 1.807) is 0 Å². The molecule has 0 spiro atoms. The fourth-order valence-electron chi connectivity index (χ4n) is 1.95. The summed E-state index contributed by atoms with van der Waals surface area (Å²) < 4.78 is 12.7. The number of ketones is 1. The van der Waals surface area contributed by atoms with Gasteiger partial charge in [-0.25, -0.2) is 4.39 Å². The van der Waals surface area contributed by atoms with Gasteiger partial charge < -0.3 is 4.90 Å². The molecule has 3 nitrogen and oxygen atoms in total. The van der Waals surface area contributed by atoms with Gasteiger partial charge in [0.15, 0.2) is 5.78 Å². The topological polar surface area (TPSA) is 33.2 Å². The summed E-state index contributed by atoms with van der Waals surface area (Å²) in [6, 6.07) is 3.40. The van der Waals surface area contributed by atoms with Gasteiger partial charge in [-0.1, -0.05) is 6.92 Å². The van der Waals surface area contributed by atoms with Crippen molar-refractivity contribution >= 4 is 5.78 Å². The summed E-state index contributed by atoms with van der Waals surface area (Å²) in [5.74, 6) is -0.418. The zero-order chi connectivity index (χ0) is 12.3. The maximum atomic E-state index is 12.7. The Balaban J connectivity index is 1.86. The maximum Gasteiger partial charge on any atom is 0.182 e. The van der Waals surface area contributed by atoms with Crippen molar-refractivity contribution in [3.8, 4) is 0 Å². The summed E-state index contributed by atoms with van der Waals surface area (Å²) in [5, 5.41) is 0. The van der Waals surface area contributed by atoms with Crippen molar-refractivity contribution in [2.24, 2.45) is 0 Å². The zero-order valence-electron chi connectivity index (χ0n) is 10.0. The lowest BCUT2D eigenvalue weighted by molar-refractivity contribution is 0.0959. The first-order chi connectivity index (χ1) is 8.20. The highest BCUT2D eigenvalue weighted by molar-refractivity contribution is 5.94. The van der Waals surface area contributed by atoms with Gasteiger partial charge in [0.05, 0.1) is 6.20 Å². The SMILES string of the molecule is CCN(CCC(=O)c1ccc(F)cn1)C1CC1. The quantitative estimate of drug-likeness (QED) is 0.710. The second-order valence-electron chi connectivity index (χ2n) is 4.39. The Kier molecular flexibility index (Phi) is 3.84. The van der Waals surface area contributed by atoms with Crippen LogP contribution in [0.25, 0.3) is 0 Å². The molecule has 92 valence electrons. The number of rotatable bonds is 6. The molecule has 1 saturated carbocycles. The number of nitrogens with zero attached hydrogens (tertiary/aromatic N) is 2. The van der Waals surface area contributed by atoms with E-state index >= 15 is 0 Å². The first kappa shape index (κ1) is 12.2. The van der Waals surface area contributed by atoms with Gasteiger partial charge in [0, 0.05) is 19.0 Å². The third kappa shape index (κ3) is 3.33. The van der Waals surface area contributed by atoms with Crippen molar-refractivity contribution in [2.45, 2.75) is 32.2 Å². The predicted molar refractivity (Wildman–Crippen MR) is 63.4 cm³/mol. The Morgan fingerprint density at radius 3 is 2.82 bits per heavy atom. The summed E-state index contributed by atoms with van der Waals surface area (Å²) in [4.78, 5) is 17.9. The predicted octanol–water partition coefficient (Wildman–Crippen LogP) is 2.28. The molecular formula is C13H17FN2O. The molecule has 0 atom stereocenters. The molecule has 1 aliphatic rings. The van der Waals surface area contributed by atoms with E-state index in [0.29, 0.717) is 18.2 Å². The van der Waals surface area contributed by atoms with E-state index in [2.05, 4.69) is 16.8 Å². The van der Waals surface area contributed by atoms with Crippen molar-refractivity contribution in [2.75, 3.05) is 13.1 Å². The zero-order valence-corrected chi connectivity index (χ0v) is 10.0. The molecule has 0 unspecified atom stereocenters. The summed E-state index contributed by atoms with van der Waals surface area (Å²) in [6.45, 7) is 3.87. The molecule has 1 aromatic heterocycles. The van der Waals surface area contributed by atoms with Crippen LogP contribution in [-0.2, 0) is 0 Å². The second-order valence-corrected chi connectivity index (χ2v) is 4.39. The lowest BCUT2D eigenvalue weighted by atomic mass is 10.2. The Labute approximate surface area is 101 Å². The molecule has 0 saturated heterocycles. The standard InChI is InChI=1S/C13H17FN2O/c1-2-16(11-4-5-11)8-7-13(17)12-6-3-10(14)9-15-12/h3,6,9,11H,2,4-5,7-8H2,1H3. The van der Waals surface area contributed by atoms with Gasteiger partial charge in [0.25, 0.3) is 0 Å². The Morgan fingerprint density at radius 2 is 2.29 bits per heavy atom. The highest BCUT2D eigenvalue weighted by atomic mass is 19.1. The molecule has 0 amide bonds. The monoisotopic (exact) mass is 236 g/mol. The summed E-state index contributed by atoms with van der Waals surface area (Å²) >= 11 is 0. The van der Waals surface area contributed by atoms with Gasteiger partial charge in [0.2, 0.25) is 0 Å². The summed E-state index contributed by atoms with van der Waals surface area (Å²) in [5.41, 5.74) is 0.359. The Bertz CT molecular complexity index is 387. The van der Waals surface area contributed by atoms with Crippen LogP contribution in [0.15, 0.2) is 18.3 Å². The third-order valence-corrected chi connectivity index (χ3v) is 3.11. The molecule has 2 rings (SSSR count). The van der Waals surface area contributed by atoms with Crippen molar-refractivity contribution in [1.82, 2.24) is 9.88 Å². The number of pyridine rings is 1. The van der Waals surface area contributed by atoms with Crippen molar-refractivity contribution < 1.29 is 9.18 Å². The number of hydrogen-bond acceptors (Lipinski definition) is 3. The molecular weight excluding hydrogens is 219 g/mol. The van der Waals surface area contributed by atoms with E-state index in [-0.39, 0.29) is 5.78 Å². The minimum absolute atomic E-state index is 0.0101. The molecule has 1 heterocycles. The molecule has 1 aliphatic carbocycles. The lowest BCUT2D eigenvalue weighted by Gasteiger charge is -2.18. The van der Waals surface area contributed by atoms with Gasteiger partial charge in [-0.3, -0.25) is 9.78 Å². The van der Waals surface area contributed by atoms with E-state index < -0.39 is 5.82 Å². The number of Topliss-reactive ketones (excluding diaryl/α,β-unsaturated/α-hetero) is 1. The van der Waals surface area contributed by atoms with Crippen LogP contribution in [0.1, 0.15) is 36.7 Å². The van der Waals surface area contributed by atoms with Crippen LogP contribution in [-0.4, -0.2) is 34.8 Å². The van der Waals surface area contributed by atoms with E-state index in [4.69, 9.17) is 0 Å². The normalized spacial score (nSPS) is 15.2. The fraction of sp³-hybridized carbons (Fsp3) is 0.538. The van der Waals surface area contributed by atoms with Gasteiger partial charge in [-0.2, -0.15) is 0 Å². The molecule has 0 aliphatic heterocycles. The van der Waals surface area contributed by atoms with Crippen molar-refractivity contribution in [3.63, 3.8) is 0 Å². The molecule has 1 fully saturated rings. The van der Waals surface area contributed by atoms with Crippen molar-refractivity contribution in [3.05, 3.63) is 29.8 Å². The summed E-state index contributed by atoms with van der Waals surface area (Å²) in [6.07, 6.45) is 4.04. The van der Waals surface area contributed by atoms with Crippen LogP contribution in [0.2, 0.25) is 0 Å². The number of carbonyl (C=O) groups is 1. The Morgan fingerprint density at radius 1 is 1.53 bits per heavy atom. The Hall–Kier alpha value is -1.29. The molecule has 1 aromatic rings. The van der Waals surface area contributed by atoms with Crippen LogP contribution in [0, 0.1) is 5.82 Å². The highest BCUT2D eigenvalue weighted by Gasteiger charge is 2.27. The van der Waals surface area contributed by atoms with Gasteiger partial charge in [-0.05, 0) is 31.5 Å². The average molecular weight is 236 g/mol. The third-order valence-electron chi connectivity index (χ3n) is 3.11. The number of halogens is 1. The maximum absolute atomic E-state index is 12.7. The molecule has 0 aromatic carbocycles. The van der Waals surface area contributed by atoms with Crippen LogP contribution < -0.4 is 0 Å². The van der Waals surface area contributed by atoms with E-state index in [1.165, 1.54) is 25.0 Å². The highest BCUT2D eigenvalue weighted by Crippen LogP contribution is 2.26. The minimum Gasteiger partial charge on any atom is -0.300 e. The van der Waals surface area contributed by atoms with Gasteiger partial charge >= 0.3 is 0 Å². The van der Waals surface area contributed by atoms with Gasteiger partial charge in [-0.15, -0.1) is 0 Å². The lowest BCUT2D eigenvalue weighted by Crippen LogP contribution is -2.28. The van der Waals surface area contributed by atoms with E-state index in [0.717, 1.165) is 19.3 Å². The molecule has 0 bridgehead atoms. The second kappa shape index (κ2) is 5.36. The van der Waals surface area contributed by atoms with E-state index in [1.807, 2.05) is 0 Å². The van der Waals surface area contributed by atoms with Crippen LogP contribution in [0.4, 0.5) is 4.39 Å².